The number of nitrogens with one attached hydrogen (secondary N) is 1. The molecule has 3 rings (SSSR count). The maximum Gasteiger partial charge on any atom is 0.260 e. The van der Waals surface area contributed by atoms with Crippen molar-refractivity contribution in [3.05, 3.63) is 64.9 Å². The molecule has 8 heteroatoms. The fourth-order valence-electron chi connectivity index (χ4n) is 3.26. The van der Waals surface area contributed by atoms with Crippen molar-refractivity contribution in [2.75, 3.05) is 32.8 Å². The van der Waals surface area contributed by atoms with E-state index in [0.29, 0.717) is 43.5 Å². The summed E-state index contributed by atoms with van der Waals surface area (Å²) in [5.41, 5.74) is 0.872. The maximum absolute atomic E-state index is 12.9. The molecule has 2 amide bonds. The molecule has 6 nitrogen and oxygen atoms in total. The third kappa shape index (κ3) is 5.93. The van der Waals surface area contributed by atoms with E-state index < -0.39 is 0 Å². The Morgan fingerprint density at radius 3 is 2.43 bits per heavy atom. The predicted octanol–water partition coefficient (Wildman–Crippen LogP) is 2.71. The first-order chi connectivity index (χ1) is 14.4. The lowest BCUT2D eigenvalue weighted by atomic mass is 10.2. The van der Waals surface area contributed by atoms with Gasteiger partial charge in [-0.25, -0.2) is 4.39 Å². The lowest BCUT2D eigenvalue weighted by molar-refractivity contribution is -0.136. The third-order valence-electron chi connectivity index (χ3n) is 5.18. The van der Waals surface area contributed by atoms with Crippen LogP contribution in [-0.2, 0) is 16.1 Å². The number of carbonyl (C=O) groups is 2. The summed E-state index contributed by atoms with van der Waals surface area (Å²) in [7, 11) is 0. The minimum absolute atomic E-state index is 0.0747. The molecule has 1 saturated heterocycles. The summed E-state index contributed by atoms with van der Waals surface area (Å²) in [4.78, 5) is 28.6. The highest BCUT2D eigenvalue weighted by molar-refractivity contribution is 6.31. The van der Waals surface area contributed by atoms with E-state index in [0.717, 1.165) is 5.56 Å². The standard InChI is InChI=1S/C22H25ClFN3O3/c1-16(22(29)25-14-17-4-2-3-5-20(17)23)26-10-12-27(13-11-26)21(28)15-30-19-8-6-18(24)7-9-19/h2-9,16H,10-15H2,1H3,(H,25,29). The number of ether oxygens (including phenoxy) is 1. The average Bonchev–Trinajstić information content (AvgIpc) is 2.77. The van der Waals surface area contributed by atoms with Crippen molar-refractivity contribution in [2.24, 2.45) is 0 Å². The van der Waals surface area contributed by atoms with Crippen molar-refractivity contribution in [3.8, 4) is 5.75 Å². The molecule has 0 aliphatic carbocycles. The Balaban J connectivity index is 1.41. The zero-order chi connectivity index (χ0) is 21.5. The van der Waals surface area contributed by atoms with Gasteiger partial charge in [0.1, 0.15) is 11.6 Å². The summed E-state index contributed by atoms with van der Waals surface area (Å²) in [5.74, 6) is -0.105. The molecule has 2 aromatic carbocycles. The number of carbonyl (C=O) groups excluding carboxylic acids is 2. The first kappa shape index (κ1) is 22.1. The van der Waals surface area contributed by atoms with Gasteiger partial charge in [-0.15, -0.1) is 0 Å². The summed E-state index contributed by atoms with van der Waals surface area (Å²) < 4.78 is 18.3. The normalized spacial score (nSPS) is 15.5. The van der Waals surface area contributed by atoms with Crippen LogP contribution >= 0.6 is 11.6 Å². The van der Waals surface area contributed by atoms with Crippen molar-refractivity contribution < 1.29 is 18.7 Å². The lowest BCUT2D eigenvalue weighted by Gasteiger charge is -2.37. The molecule has 0 saturated carbocycles. The van der Waals surface area contributed by atoms with Crippen LogP contribution in [-0.4, -0.2) is 60.4 Å². The predicted molar refractivity (Wildman–Crippen MR) is 113 cm³/mol. The van der Waals surface area contributed by atoms with Crippen LogP contribution in [0.25, 0.3) is 0 Å². The molecule has 0 aromatic heterocycles. The van der Waals surface area contributed by atoms with Crippen molar-refractivity contribution in [3.63, 3.8) is 0 Å². The van der Waals surface area contributed by atoms with Crippen LogP contribution in [0.2, 0.25) is 5.02 Å². The van der Waals surface area contributed by atoms with Gasteiger partial charge >= 0.3 is 0 Å². The summed E-state index contributed by atoms with van der Waals surface area (Å²) in [5, 5.41) is 3.55. The van der Waals surface area contributed by atoms with E-state index in [1.54, 1.807) is 11.0 Å². The van der Waals surface area contributed by atoms with Gasteiger partial charge in [0, 0.05) is 37.7 Å². The summed E-state index contributed by atoms with van der Waals surface area (Å²) in [6.07, 6.45) is 0. The van der Waals surface area contributed by atoms with Crippen molar-refractivity contribution in [2.45, 2.75) is 19.5 Å². The zero-order valence-electron chi connectivity index (χ0n) is 16.8. The zero-order valence-corrected chi connectivity index (χ0v) is 17.6. The van der Waals surface area contributed by atoms with E-state index in [1.807, 2.05) is 30.0 Å². The molecule has 1 N–H and O–H groups in total. The fraction of sp³-hybridized carbons (Fsp3) is 0.364. The minimum atomic E-state index is -0.352. The second kappa shape index (κ2) is 10.4. The van der Waals surface area contributed by atoms with Gasteiger partial charge in [0.25, 0.3) is 5.91 Å². The van der Waals surface area contributed by atoms with Crippen molar-refractivity contribution in [1.29, 1.82) is 0 Å². The number of hydrogen-bond donors (Lipinski definition) is 1. The second-order valence-electron chi connectivity index (χ2n) is 7.14. The lowest BCUT2D eigenvalue weighted by Crippen LogP contribution is -2.55. The highest BCUT2D eigenvalue weighted by Crippen LogP contribution is 2.15. The highest BCUT2D eigenvalue weighted by Gasteiger charge is 2.27. The number of nitrogens with zero attached hydrogens (tertiary/aromatic N) is 2. The fourth-order valence-corrected chi connectivity index (χ4v) is 3.47. The highest BCUT2D eigenvalue weighted by atomic mass is 35.5. The molecular formula is C22H25ClFN3O3. The van der Waals surface area contributed by atoms with Crippen molar-refractivity contribution in [1.82, 2.24) is 15.1 Å². The monoisotopic (exact) mass is 433 g/mol. The topological polar surface area (TPSA) is 61.9 Å². The second-order valence-corrected chi connectivity index (χ2v) is 7.55. The van der Waals surface area contributed by atoms with Crippen LogP contribution in [0.4, 0.5) is 4.39 Å². The number of piperazine rings is 1. The average molecular weight is 434 g/mol. The molecule has 1 aliphatic rings. The first-order valence-electron chi connectivity index (χ1n) is 9.85. The summed E-state index contributed by atoms with van der Waals surface area (Å²) in [6.45, 7) is 4.38. The molecule has 0 radical (unpaired) electrons. The van der Waals surface area contributed by atoms with Crippen LogP contribution in [0.15, 0.2) is 48.5 Å². The first-order valence-corrected chi connectivity index (χ1v) is 10.2. The minimum Gasteiger partial charge on any atom is -0.484 e. The van der Waals surface area contributed by atoms with E-state index in [1.165, 1.54) is 24.3 Å². The van der Waals surface area contributed by atoms with Gasteiger partial charge in [0.2, 0.25) is 5.91 Å². The molecule has 0 bridgehead atoms. The van der Waals surface area contributed by atoms with Crippen LogP contribution in [0.1, 0.15) is 12.5 Å². The molecule has 2 aromatic rings. The quantitative estimate of drug-likeness (QED) is 0.729. The van der Waals surface area contributed by atoms with E-state index in [-0.39, 0.29) is 30.3 Å². The van der Waals surface area contributed by atoms with Gasteiger partial charge in [-0.1, -0.05) is 29.8 Å². The molecule has 0 spiro atoms. The van der Waals surface area contributed by atoms with Crippen LogP contribution in [0, 0.1) is 5.82 Å². The maximum atomic E-state index is 12.9. The molecule has 1 aliphatic heterocycles. The van der Waals surface area contributed by atoms with Gasteiger partial charge in [-0.2, -0.15) is 0 Å². The summed E-state index contributed by atoms with van der Waals surface area (Å²) >= 11 is 6.13. The Labute approximate surface area is 180 Å². The van der Waals surface area contributed by atoms with Gasteiger partial charge in [-0.05, 0) is 42.8 Å². The van der Waals surface area contributed by atoms with Crippen molar-refractivity contribution >= 4 is 23.4 Å². The van der Waals surface area contributed by atoms with Gasteiger partial charge in [0.05, 0.1) is 6.04 Å². The Morgan fingerprint density at radius 2 is 1.77 bits per heavy atom. The number of rotatable bonds is 7. The molecule has 1 atom stereocenters. The van der Waals surface area contributed by atoms with Crippen LogP contribution in [0.5, 0.6) is 5.75 Å². The molecule has 1 unspecified atom stereocenters. The Bertz CT molecular complexity index is 870. The molecule has 160 valence electrons. The van der Waals surface area contributed by atoms with Gasteiger partial charge in [-0.3, -0.25) is 14.5 Å². The number of hydrogen-bond acceptors (Lipinski definition) is 4. The molecular weight excluding hydrogens is 409 g/mol. The SMILES string of the molecule is CC(C(=O)NCc1ccccc1Cl)N1CCN(C(=O)COc2ccc(F)cc2)CC1. The largest absolute Gasteiger partial charge is 0.484 e. The van der Waals surface area contributed by atoms with E-state index in [4.69, 9.17) is 16.3 Å². The van der Waals surface area contributed by atoms with Gasteiger partial charge < -0.3 is 15.0 Å². The molecule has 1 heterocycles. The smallest absolute Gasteiger partial charge is 0.260 e. The Morgan fingerprint density at radius 1 is 1.10 bits per heavy atom. The van der Waals surface area contributed by atoms with E-state index >= 15 is 0 Å². The third-order valence-corrected chi connectivity index (χ3v) is 5.55. The number of amides is 2. The molecule has 1 fully saturated rings. The Kier molecular flexibility index (Phi) is 7.65. The van der Waals surface area contributed by atoms with Crippen LogP contribution < -0.4 is 10.1 Å². The van der Waals surface area contributed by atoms with E-state index in [2.05, 4.69) is 5.32 Å². The summed E-state index contributed by atoms with van der Waals surface area (Å²) in [6, 6.07) is 12.7. The molecule has 30 heavy (non-hydrogen) atoms. The Hall–Kier alpha value is -2.64. The number of benzene rings is 2. The van der Waals surface area contributed by atoms with E-state index in [9.17, 15) is 14.0 Å². The van der Waals surface area contributed by atoms with Crippen LogP contribution in [0.3, 0.4) is 0 Å². The van der Waals surface area contributed by atoms with Gasteiger partial charge in [0.15, 0.2) is 6.61 Å². The number of halogens is 2.